The van der Waals surface area contributed by atoms with Gasteiger partial charge in [0.05, 0.1) is 13.2 Å². The van der Waals surface area contributed by atoms with Crippen LogP contribution in [0.25, 0.3) is 0 Å². The molecule has 6 heteroatoms. The molecule has 2 N–H and O–H groups in total. The molecule has 1 aromatic heterocycles. The second kappa shape index (κ2) is 7.13. The van der Waals surface area contributed by atoms with Crippen LogP contribution in [0, 0.1) is 13.8 Å². The summed E-state index contributed by atoms with van der Waals surface area (Å²) in [7, 11) is 3.36. The van der Waals surface area contributed by atoms with Crippen molar-refractivity contribution in [2.75, 3.05) is 51.2 Å². The number of hydrogen-bond donors (Lipinski definition) is 1. The van der Waals surface area contributed by atoms with E-state index < -0.39 is 0 Å². The van der Waals surface area contributed by atoms with Gasteiger partial charge in [0, 0.05) is 32.9 Å². The van der Waals surface area contributed by atoms with E-state index in [1.807, 2.05) is 13.8 Å². The van der Waals surface area contributed by atoms with E-state index >= 15 is 0 Å². The summed E-state index contributed by atoms with van der Waals surface area (Å²) in [6.45, 7) is 6.52. The highest BCUT2D eigenvalue weighted by Gasteiger charge is 2.14. The van der Waals surface area contributed by atoms with Crippen LogP contribution < -0.4 is 10.6 Å². The molecule has 0 aliphatic carbocycles. The Morgan fingerprint density at radius 2 is 1.61 bits per heavy atom. The van der Waals surface area contributed by atoms with Crippen LogP contribution in [0.3, 0.4) is 0 Å². The number of hydrogen-bond acceptors (Lipinski definition) is 6. The molecular weight excluding hydrogens is 232 g/mol. The van der Waals surface area contributed by atoms with Gasteiger partial charge in [-0.15, -0.1) is 0 Å². The molecule has 0 aromatic carbocycles. The highest BCUT2D eigenvalue weighted by molar-refractivity contribution is 5.56. The monoisotopic (exact) mass is 254 g/mol. The molecule has 0 aliphatic rings. The fourth-order valence-electron chi connectivity index (χ4n) is 1.67. The third kappa shape index (κ3) is 3.82. The Morgan fingerprint density at radius 1 is 1.06 bits per heavy atom. The lowest BCUT2D eigenvalue weighted by molar-refractivity contribution is 0.190. The summed E-state index contributed by atoms with van der Waals surface area (Å²) in [5, 5.41) is 0. The first-order chi connectivity index (χ1) is 8.60. The lowest BCUT2D eigenvalue weighted by Crippen LogP contribution is -2.32. The molecule has 0 saturated carbocycles. The molecular formula is C12H22N4O2. The lowest BCUT2D eigenvalue weighted by Gasteiger charge is -2.25. The van der Waals surface area contributed by atoms with Crippen LogP contribution in [0.5, 0.6) is 0 Å². The summed E-state index contributed by atoms with van der Waals surface area (Å²) in [4.78, 5) is 10.7. The van der Waals surface area contributed by atoms with E-state index in [2.05, 4.69) is 14.9 Å². The van der Waals surface area contributed by atoms with E-state index in [-0.39, 0.29) is 0 Å². The molecule has 0 radical (unpaired) electrons. The van der Waals surface area contributed by atoms with E-state index in [4.69, 9.17) is 15.2 Å². The maximum atomic E-state index is 5.88. The van der Waals surface area contributed by atoms with E-state index in [0.29, 0.717) is 24.9 Å². The lowest BCUT2D eigenvalue weighted by atomic mass is 10.2. The second-order valence-electron chi connectivity index (χ2n) is 4.08. The van der Waals surface area contributed by atoms with Crippen molar-refractivity contribution in [2.45, 2.75) is 13.8 Å². The van der Waals surface area contributed by atoms with Crippen molar-refractivity contribution in [3.63, 3.8) is 0 Å². The molecule has 0 bridgehead atoms. The topological polar surface area (TPSA) is 73.5 Å². The number of aryl methyl sites for hydroxylation is 1. The maximum absolute atomic E-state index is 5.88. The molecule has 0 amide bonds. The fraction of sp³-hybridized carbons (Fsp3) is 0.667. The summed E-state index contributed by atoms with van der Waals surface area (Å²) in [6.07, 6.45) is 0. The summed E-state index contributed by atoms with van der Waals surface area (Å²) < 4.78 is 10.2. The highest BCUT2D eigenvalue weighted by atomic mass is 16.5. The van der Waals surface area contributed by atoms with E-state index in [0.717, 1.165) is 24.5 Å². The van der Waals surface area contributed by atoms with Crippen molar-refractivity contribution in [3.05, 3.63) is 11.4 Å². The molecule has 6 nitrogen and oxygen atoms in total. The van der Waals surface area contributed by atoms with Gasteiger partial charge in [-0.2, -0.15) is 0 Å². The number of ether oxygens (including phenoxy) is 2. The zero-order chi connectivity index (χ0) is 13.5. The third-order valence-corrected chi connectivity index (χ3v) is 2.70. The maximum Gasteiger partial charge on any atom is 0.137 e. The highest BCUT2D eigenvalue weighted by Crippen LogP contribution is 2.21. The van der Waals surface area contributed by atoms with Gasteiger partial charge in [-0.1, -0.05) is 0 Å². The molecule has 102 valence electrons. The number of nitrogens with two attached hydrogens (primary N) is 1. The van der Waals surface area contributed by atoms with E-state index in [1.54, 1.807) is 14.2 Å². The smallest absolute Gasteiger partial charge is 0.137 e. The van der Waals surface area contributed by atoms with E-state index in [9.17, 15) is 0 Å². The Labute approximate surface area is 108 Å². The number of rotatable bonds is 7. The molecule has 0 unspecified atom stereocenters. The van der Waals surface area contributed by atoms with Crippen molar-refractivity contribution >= 4 is 11.6 Å². The average molecular weight is 254 g/mol. The van der Waals surface area contributed by atoms with Crippen molar-refractivity contribution in [3.8, 4) is 0 Å². The van der Waals surface area contributed by atoms with Gasteiger partial charge in [0.25, 0.3) is 0 Å². The SMILES string of the molecule is COCCN(CCOC)c1nc(C)nc(N)c1C. The molecule has 1 heterocycles. The molecule has 0 fully saturated rings. The Hall–Kier alpha value is -1.40. The first kappa shape index (κ1) is 14.7. The standard InChI is InChI=1S/C12H22N4O2/c1-9-11(13)14-10(2)15-12(9)16(5-7-17-3)6-8-18-4/h5-8H2,1-4H3,(H2,13,14,15). The predicted octanol–water partition coefficient (Wildman–Crippen LogP) is 0.775. The largest absolute Gasteiger partial charge is 0.383 e. The minimum absolute atomic E-state index is 0.525. The molecule has 0 saturated heterocycles. The quantitative estimate of drug-likeness (QED) is 0.775. The van der Waals surface area contributed by atoms with Crippen LogP contribution in [0.4, 0.5) is 11.6 Å². The molecule has 0 spiro atoms. The zero-order valence-corrected chi connectivity index (χ0v) is 11.6. The van der Waals surface area contributed by atoms with Gasteiger partial charge >= 0.3 is 0 Å². The van der Waals surface area contributed by atoms with Crippen LogP contribution >= 0.6 is 0 Å². The van der Waals surface area contributed by atoms with Crippen molar-refractivity contribution in [2.24, 2.45) is 0 Å². The van der Waals surface area contributed by atoms with Crippen LogP contribution in [0.2, 0.25) is 0 Å². The van der Waals surface area contributed by atoms with Gasteiger partial charge in [-0.3, -0.25) is 0 Å². The first-order valence-corrected chi connectivity index (χ1v) is 5.93. The van der Waals surface area contributed by atoms with Crippen LogP contribution in [-0.2, 0) is 9.47 Å². The molecule has 1 aromatic rings. The number of nitrogens with zero attached hydrogens (tertiary/aromatic N) is 3. The minimum Gasteiger partial charge on any atom is -0.383 e. The second-order valence-corrected chi connectivity index (χ2v) is 4.08. The van der Waals surface area contributed by atoms with Crippen LogP contribution in [0.1, 0.15) is 11.4 Å². The Balaban J connectivity index is 2.95. The molecule has 0 atom stereocenters. The van der Waals surface area contributed by atoms with Gasteiger partial charge in [0.2, 0.25) is 0 Å². The van der Waals surface area contributed by atoms with Gasteiger partial charge in [-0.25, -0.2) is 9.97 Å². The Kier molecular flexibility index (Phi) is 5.80. The zero-order valence-electron chi connectivity index (χ0n) is 11.6. The van der Waals surface area contributed by atoms with Crippen molar-refractivity contribution < 1.29 is 9.47 Å². The van der Waals surface area contributed by atoms with Crippen LogP contribution in [0.15, 0.2) is 0 Å². The predicted molar refractivity (Wildman–Crippen MR) is 71.9 cm³/mol. The minimum atomic E-state index is 0.525. The summed E-state index contributed by atoms with van der Waals surface area (Å²) >= 11 is 0. The van der Waals surface area contributed by atoms with Gasteiger partial charge < -0.3 is 20.1 Å². The summed E-state index contributed by atoms with van der Waals surface area (Å²) in [5.74, 6) is 2.05. The van der Waals surface area contributed by atoms with Crippen molar-refractivity contribution in [1.82, 2.24) is 9.97 Å². The first-order valence-electron chi connectivity index (χ1n) is 5.93. The normalized spacial score (nSPS) is 10.7. The van der Waals surface area contributed by atoms with E-state index in [1.165, 1.54) is 0 Å². The molecule has 18 heavy (non-hydrogen) atoms. The van der Waals surface area contributed by atoms with Gasteiger partial charge in [0.1, 0.15) is 17.5 Å². The number of aromatic nitrogens is 2. The number of anilines is 2. The Morgan fingerprint density at radius 3 is 2.11 bits per heavy atom. The summed E-state index contributed by atoms with van der Waals surface area (Å²) in [6, 6.07) is 0. The summed E-state index contributed by atoms with van der Waals surface area (Å²) in [5.41, 5.74) is 6.77. The molecule has 1 rings (SSSR count). The number of nitrogen functional groups attached to an aromatic ring is 1. The Bertz CT molecular complexity index is 377. The average Bonchev–Trinajstić information content (AvgIpc) is 2.34. The fourth-order valence-corrected chi connectivity index (χ4v) is 1.67. The van der Waals surface area contributed by atoms with Gasteiger partial charge in [-0.05, 0) is 13.8 Å². The number of methoxy groups -OCH3 is 2. The van der Waals surface area contributed by atoms with Crippen molar-refractivity contribution in [1.29, 1.82) is 0 Å². The third-order valence-electron chi connectivity index (χ3n) is 2.70. The van der Waals surface area contributed by atoms with Gasteiger partial charge in [0.15, 0.2) is 0 Å². The van der Waals surface area contributed by atoms with Crippen LogP contribution in [-0.4, -0.2) is 50.5 Å². The molecule has 0 aliphatic heterocycles.